The maximum atomic E-state index is 10.2. The second-order valence-electron chi connectivity index (χ2n) is 1.68. The maximum absolute atomic E-state index is 10.2. The van der Waals surface area contributed by atoms with Crippen molar-refractivity contribution in [3.05, 3.63) is 24.0 Å². The van der Waals surface area contributed by atoms with Crippen molar-refractivity contribution in [2.45, 2.75) is 0 Å². The van der Waals surface area contributed by atoms with Gasteiger partial charge in [-0.1, -0.05) is 0 Å². The van der Waals surface area contributed by atoms with Crippen LogP contribution in [-0.4, -0.2) is 21.2 Å². The van der Waals surface area contributed by atoms with Gasteiger partial charge >= 0.3 is 5.97 Å². The molecule has 0 saturated carbocycles. The smallest absolute Gasteiger partial charge is 0.358 e. The van der Waals surface area contributed by atoms with Crippen molar-refractivity contribution in [3.8, 4) is 5.75 Å². The number of carbonyl (C=O) groups is 1. The first-order valence-electron chi connectivity index (χ1n) is 2.59. The molecule has 0 atom stereocenters. The Bertz CT molecular complexity index is 262. The van der Waals surface area contributed by atoms with Gasteiger partial charge in [-0.05, 0) is 12.1 Å². The summed E-state index contributed by atoms with van der Waals surface area (Å²) >= 11 is 0. The molecular weight excluding hydrogens is 148 g/mol. The second kappa shape index (κ2) is 3.52. The van der Waals surface area contributed by atoms with Gasteiger partial charge in [0.05, 0.1) is 0 Å². The average molecular weight is 156 g/mol. The highest BCUT2D eigenvalue weighted by Gasteiger charge is 2.08. The number of carboxylic acid groups (broad SMARTS) is 1. The number of aromatic nitrogens is 1. The molecule has 60 valence electrons. The lowest BCUT2D eigenvalue weighted by molar-refractivity contribution is 0.0687. The van der Waals surface area contributed by atoms with E-state index in [2.05, 4.69) is 4.98 Å². The minimum Gasteiger partial charge on any atom is -0.505 e. The van der Waals surface area contributed by atoms with Crippen molar-refractivity contribution in [3.63, 3.8) is 0 Å². The number of rotatable bonds is 1. The Morgan fingerprint density at radius 3 is 2.55 bits per heavy atom. The zero-order valence-corrected chi connectivity index (χ0v) is 5.69. The molecule has 5 N–H and O–H groups in total. The van der Waals surface area contributed by atoms with Crippen LogP contribution >= 0.6 is 0 Å². The SMILES string of the molecule is N.O=C(O)c1ncccc1O. The van der Waals surface area contributed by atoms with Crippen LogP contribution in [0.3, 0.4) is 0 Å². The van der Waals surface area contributed by atoms with Crippen LogP contribution in [0.15, 0.2) is 18.3 Å². The molecule has 1 aromatic heterocycles. The molecule has 0 saturated heterocycles. The van der Waals surface area contributed by atoms with Crippen molar-refractivity contribution in [2.75, 3.05) is 0 Å². The molecular formula is C6H8N2O3. The van der Waals surface area contributed by atoms with Gasteiger partial charge in [0.25, 0.3) is 0 Å². The van der Waals surface area contributed by atoms with E-state index in [0.717, 1.165) is 0 Å². The molecule has 1 aromatic rings. The number of aromatic hydroxyl groups is 1. The summed E-state index contributed by atoms with van der Waals surface area (Å²) < 4.78 is 0. The summed E-state index contributed by atoms with van der Waals surface area (Å²) in [6.07, 6.45) is 1.31. The molecule has 0 unspecified atom stereocenters. The van der Waals surface area contributed by atoms with Crippen molar-refractivity contribution in [1.29, 1.82) is 0 Å². The van der Waals surface area contributed by atoms with Gasteiger partial charge in [-0.15, -0.1) is 0 Å². The van der Waals surface area contributed by atoms with Crippen molar-refractivity contribution in [1.82, 2.24) is 11.1 Å². The van der Waals surface area contributed by atoms with Crippen LogP contribution in [0.2, 0.25) is 0 Å². The zero-order chi connectivity index (χ0) is 7.56. The third-order valence-electron chi connectivity index (χ3n) is 0.989. The molecule has 5 nitrogen and oxygen atoms in total. The number of pyridine rings is 1. The zero-order valence-electron chi connectivity index (χ0n) is 5.69. The Morgan fingerprint density at radius 1 is 1.55 bits per heavy atom. The van der Waals surface area contributed by atoms with Crippen LogP contribution in [0.5, 0.6) is 5.75 Å². The molecule has 1 rings (SSSR count). The van der Waals surface area contributed by atoms with Gasteiger partial charge in [0.1, 0.15) is 5.75 Å². The highest BCUT2D eigenvalue weighted by molar-refractivity contribution is 5.88. The molecule has 0 aliphatic heterocycles. The first kappa shape index (κ1) is 9.38. The van der Waals surface area contributed by atoms with E-state index in [1.54, 1.807) is 0 Å². The molecule has 0 spiro atoms. The monoisotopic (exact) mass is 156 g/mol. The van der Waals surface area contributed by atoms with E-state index < -0.39 is 5.97 Å². The van der Waals surface area contributed by atoms with Crippen molar-refractivity contribution < 1.29 is 15.0 Å². The number of carboxylic acids is 1. The first-order chi connectivity index (χ1) is 4.72. The Hall–Kier alpha value is -1.62. The Balaban J connectivity index is 0.000001000. The summed E-state index contributed by atoms with van der Waals surface area (Å²) in [4.78, 5) is 13.6. The summed E-state index contributed by atoms with van der Waals surface area (Å²) in [5, 5.41) is 17.2. The number of nitrogens with zero attached hydrogens (tertiary/aromatic N) is 1. The van der Waals surface area contributed by atoms with Crippen molar-refractivity contribution in [2.24, 2.45) is 0 Å². The summed E-state index contributed by atoms with van der Waals surface area (Å²) in [6, 6.07) is 2.73. The molecule has 0 fully saturated rings. The molecule has 0 bridgehead atoms. The van der Waals surface area contributed by atoms with Gasteiger partial charge in [-0.3, -0.25) is 0 Å². The van der Waals surface area contributed by atoms with Crippen LogP contribution in [-0.2, 0) is 0 Å². The molecule has 0 aliphatic carbocycles. The van der Waals surface area contributed by atoms with E-state index in [1.165, 1.54) is 18.3 Å². The third kappa shape index (κ3) is 1.91. The molecule has 0 aromatic carbocycles. The third-order valence-corrected chi connectivity index (χ3v) is 0.989. The molecule has 11 heavy (non-hydrogen) atoms. The first-order valence-corrected chi connectivity index (χ1v) is 2.59. The lowest BCUT2D eigenvalue weighted by atomic mass is 10.3. The Kier molecular flexibility index (Phi) is 3.01. The quantitative estimate of drug-likeness (QED) is 0.553. The summed E-state index contributed by atoms with van der Waals surface area (Å²) in [5.74, 6) is -1.53. The molecule has 0 radical (unpaired) electrons. The fraction of sp³-hybridized carbons (Fsp3) is 0. The van der Waals surface area contributed by atoms with E-state index in [1.807, 2.05) is 0 Å². The van der Waals surface area contributed by atoms with Gasteiger partial charge < -0.3 is 16.4 Å². The van der Waals surface area contributed by atoms with E-state index in [0.29, 0.717) is 0 Å². The van der Waals surface area contributed by atoms with Crippen molar-refractivity contribution >= 4 is 5.97 Å². The van der Waals surface area contributed by atoms with E-state index in [4.69, 9.17) is 10.2 Å². The molecule has 5 heteroatoms. The second-order valence-corrected chi connectivity index (χ2v) is 1.68. The normalized spacial score (nSPS) is 8.36. The van der Waals surface area contributed by atoms with Crippen LogP contribution in [0.25, 0.3) is 0 Å². The highest BCUT2D eigenvalue weighted by Crippen LogP contribution is 2.11. The van der Waals surface area contributed by atoms with Crippen LogP contribution < -0.4 is 6.15 Å². The fourth-order valence-corrected chi connectivity index (χ4v) is 0.562. The van der Waals surface area contributed by atoms with E-state index in [-0.39, 0.29) is 17.6 Å². The minimum atomic E-state index is -1.22. The van der Waals surface area contributed by atoms with E-state index in [9.17, 15) is 4.79 Å². The fourth-order valence-electron chi connectivity index (χ4n) is 0.562. The van der Waals surface area contributed by atoms with Gasteiger partial charge in [0.15, 0.2) is 5.69 Å². The van der Waals surface area contributed by atoms with Gasteiger partial charge in [-0.25, -0.2) is 9.78 Å². The van der Waals surface area contributed by atoms with Crippen LogP contribution in [0.1, 0.15) is 10.5 Å². The summed E-state index contributed by atoms with van der Waals surface area (Å²) in [6.45, 7) is 0. The molecule has 0 amide bonds. The summed E-state index contributed by atoms with van der Waals surface area (Å²) in [5.41, 5.74) is -0.317. The Labute approximate surface area is 62.9 Å². The molecule has 0 aliphatic rings. The lowest BCUT2D eigenvalue weighted by Gasteiger charge is -1.93. The Morgan fingerprint density at radius 2 is 2.18 bits per heavy atom. The van der Waals surface area contributed by atoms with Gasteiger partial charge in [-0.2, -0.15) is 0 Å². The minimum absolute atomic E-state index is 0. The predicted octanol–water partition coefficient (Wildman–Crippen LogP) is 0.647. The van der Waals surface area contributed by atoms with E-state index >= 15 is 0 Å². The summed E-state index contributed by atoms with van der Waals surface area (Å²) in [7, 11) is 0. The van der Waals surface area contributed by atoms with Gasteiger partial charge in [0, 0.05) is 6.20 Å². The maximum Gasteiger partial charge on any atom is 0.358 e. The largest absolute Gasteiger partial charge is 0.505 e. The number of hydrogen-bond donors (Lipinski definition) is 3. The van der Waals surface area contributed by atoms with Gasteiger partial charge in [0.2, 0.25) is 0 Å². The number of aromatic carboxylic acids is 1. The average Bonchev–Trinajstić information content (AvgIpc) is 1.88. The lowest BCUT2D eigenvalue weighted by Crippen LogP contribution is -1.99. The molecule has 1 heterocycles. The predicted molar refractivity (Wildman–Crippen MR) is 37.9 cm³/mol. The standard InChI is InChI=1S/C6H5NO3.H3N/c8-4-2-1-3-7-5(4)6(9)10;/h1-3,8H,(H,9,10);1H3. The van der Waals surface area contributed by atoms with Crippen LogP contribution in [0, 0.1) is 0 Å². The van der Waals surface area contributed by atoms with Crippen LogP contribution in [0.4, 0.5) is 0 Å². The number of hydrogen-bond acceptors (Lipinski definition) is 4. The topological polar surface area (TPSA) is 105 Å². The highest BCUT2D eigenvalue weighted by atomic mass is 16.4.